The van der Waals surface area contributed by atoms with Crippen molar-refractivity contribution < 1.29 is 23.0 Å². The predicted molar refractivity (Wildman–Crippen MR) is 113 cm³/mol. The lowest BCUT2D eigenvalue weighted by Crippen LogP contribution is -2.62. The first-order valence-electron chi connectivity index (χ1n) is 11.8. The van der Waals surface area contributed by atoms with Gasteiger partial charge in [-0.15, -0.1) is 0 Å². The third-order valence-electron chi connectivity index (χ3n) is 6.87. The molecule has 2 bridgehead atoms. The van der Waals surface area contributed by atoms with Crippen molar-refractivity contribution in [1.29, 1.82) is 0 Å². The molecule has 0 N–H and O–H groups in total. The normalized spacial score (nSPS) is 32.2. The number of likely N-dealkylation sites (tertiary alicyclic amines) is 1. The van der Waals surface area contributed by atoms with Crippen LogP contribution >= 0.6 is 7.82 Å². The molecule has 2 fully saturated rings. The highest BCUT2D eigenvalue weighted by molar-refractivity contribution is 7.46. The first kappa shape index (κ1) is 24.3. The summed E-state index contributed by atoms with van der Waals surface area (Å²) in [7, 11) is 0.0511. The second kappa shape index (κ2) is 11.5. The zero-order chi connectivity index (χ0) is 20.5. The third kappa shape index (κ3) is 7.40. The second-order valence-corrected chi connectivity index (χ2v) is 10.9. The van der Waals surface area contributed by atoms with Crippen molar-refractivity contribution in [3.05, 3.63) is 0 Å². The van der Waals surface area contributed by atoms with Gasteiger partial charge in [0.1, 0.15) is 0 Å². The molecular weight excluding hydrogens is 373 g/mol. The van der Waals surface area contributed by atoms with E-state index in [1.807, 2.05) is 0 Å². The maximum Gasteiger partial charge on any atom is 0.273 e. The van der Waals surface area contributed by atoms with Crippen LogP contribution in [0.4, 0.5) is 0 Å². The molecule has 2 rings (SSSR count). The number of nitrogens with zero attached hydrogens (tertiary/aromatic N) is 1. The van der Waals surface area contributed by atoms with Gasteiger partial charge >= 0.3 is 0 Å². The Labute approximate surface area is 173 Å². The fourth-order valence-electron chi connectivity index (χ4n) is 4.97. The molecule has 2 aliphatic heterocycles. The van der Waals surface area contributed by atoms with Gasteiger partial charge in [0.05, 0.1) is 33.2 Å². The molecule has 0 amide bonds. The monoisotopic (exact) mass is 417 g/mol. The topological polar surface area (TPSA) is 58.6 Å². The fourth-order valence-corrected chi connectivity index (χ4v) is 6.36. The average Bonchev–Trinajstić information content (AvgIpc) is 2.69. The Morgan fingerprint density at radius 2 is 1.50 bits per heavy atom. The number of quaternary nitrogens is 1. The highest BCUT2D eigenvalue weighted by atomic mass is 31.2. The van der Waals surface area contributed by atoms with Gasteiger partial charge in [-0.3, -0.25) is 9.09 Å². The molecule has 3 atom stereocenters. The molecule has 0 saturated carbocycles. The predicted octanol–water partition coefficient (Wildman–Crippen LogP) is 5.92. The summed E-state index contributed by atoms with van der Waals surface area (Å²) in [6, 6.07) is 0. The average molecular weight is 418 g/mol. The van der Waals surface area contributed by atoms with E-state index in [1.165, 1.54) is 64.2 Å². The summed E-state index contributed by atoms with van der Waals surface area (Å²) in [5.41, 5.74) is -0.630. The van der Waals surface area contributed by atoms with Crippen molar-refractivity contribution in [3.8, 4) is 0 Å². The van der Waals surface area contributed by atoms with Gasteiger partial charge in [-0.1, -0.05) is 77.6 Å². The molecule has 0 aromatic carbocycles. The van der Waals surface area contributed by atoms with Crippen LogP contribution in [0.2, 0.25) is 0 Å². The summed E-state index contributed by atoms with van der Waals surface area (Å²) in [5.74, 6) is 0. The van der Waals surface area contributed by atoms with Crippen LogP contribution in [0.15, 0.2) is 0 Å². The highest BCUT2D eigenvalue weighted by Gasteiger charge is 2.55. The Hall–Kier alpha value is 0.0700. The Bertz CT molecular complexity index is 499. The second-order valence-electron chi connectivity index (χ2n) is 9.61. The number of hydrogen-bond donors (Lipinski definition) is 0. The van der Waals surface area contributed by atoms with Crippen LogP contribution in [0, 0.1) is 0 Å². The van der Waals surface area contributed by atoms with Gasteiger partial charge in [-0.2, -0.15) is 0 Å². The van der Waals surface area contributed by atoms with Crippen LogP contribution in [-0.2, 0) is 13.6 Å². The van der Waals surface area contributed by atoms with E-state index in [2.05, 4.69) is 21.0 Å². The lowest BCUT2D eigenvalue weighted by molar-refractivity contribution is -0.965. The molecule has 166 valence electrons. The standard InChI is InChI=1S/C22H44NO4P/c1-4-5-6-7-8-9-10-11-12-13-14-15-18-22-20-21(26-28(24,25)27-22)17-16-19-23(22,2)3/h21H,4-20H2,1-3H3. The van der Waals surface area contributed by atoms with Crippen molar-refractivity contribution in [2.24, 2.45) is 0 Å². The molecule has 0 aromatic heterocycles. The van der Waals surface area contributed by atoms with Crippen LogP contribution in [-0.4, -0.2) is 37.0 Å². The molecule has 0 aromatic rings. The van der Waals surface area contributed by atoms with Crippen LogP contribution in [0.5, 0.6) is 0 Å². The summed E-state index contributed by atoms with van der Waals surface area (Å²) in [6.07, 6.45) is 18.8. The molecule has 28 heavy (non-hydrogen) atoms. The lowest BCUT2D eigenvalue weighted by atomic mass is 9.95. The van der Waals surface area contributed by atoms with E-state index in [0.29, 0.717) is 10.9 Å². The first-order valence-corrected chi connectivity index (χ1v) is 13.3. The Kier molecular flexibility index (Phi) is 9.96. The van der Waals surface area contributed by atoms with Crippen LogP contribution in [0.1, 0.15) is 110 Å². The zero-order valence-electron chi connectivity index (χ0n) is 18.6. The van der Waals surface area contributed by atoms with E-state index in [0.717, 1.165) is 38.6 Å². The van der Waals surface area contributed by atoms with Gasteiger partial charge in [-0.05, 0) is 19.3 Å². The van der Waals surface area contributed by atoms with Crippen LogP contribution in [0.25, 0.3) is 0 Å². The smallest absolute Gasteiger partial charge is 0.273 e. The molecule has 2 heterocycles. The Morgan fingerprint density at radius 3 is 2.07 bits per heavy atom. The van der Waals surface area contributed by atoms with Crippen molar-refractivity contribution in [1.82, 2.24) is 0 Å². The van der Waals surface area contributed by atoms with Gasteiger partial charge in [-0.25, -0.2) is 0 Å². The molecule has 5 nitrogen and oxygen atoms in total. The van der Waals surface area contributed by atoms with Gasteiger partial charge in [0.15, 0.2) is 0 Å². The van der Waals surface area contributed by atoms with E-state index >= 15 is 0 Å². The van der Waals surface area contributed by atoms with Crippen molar-refractivity contribution in [2.75, 3.05) is 20.6 Å². The number of fused-ring (bicyclic) bond motifs is 2. The van der Waals surface area contributed by atoms with Crippen LogP contribution in [0.3, 0.4) is 0 Å². The van der Waals surface area contributed by atoms with Gasteiger partial charge < -0.3 is 13.9 Å². The molecular formula is C22H44NO4P. The number of phosphoric ester groups is 1. The quantitative estimate of drug-likeness (QED) is 0.212. The Morgan fingerprint density at radius 1 is 0.964 bits per heavy atom. The number of unbranched alkanes of at least 4 members (excludes halogenated alkanes) is 11. The van der Waals surface area contributed by atoms with E-state index in [1.54, 1.807) is 0 Å². The minimum atomic E-state index is -4.19. The van der Waals surface area contributed by atoms with Gasteiger partial charge in [0.2, 0.25) is 5.72 Å². The SMILES string of the molecule is CCCCCCCCCCCCCCC12CC(CCC[N+]1(C)C)OP(=O)([O-])O2. The maximum absolute atomic E-state index is 12.2. The highest BCUT2D eigenvalue weighted by Crippen LogP contribution is 2.56. The first-order chi connectivity index (χ1) is 13.3. The molecule has 2 aliphatic rings. The maximum atomic E-state index is 12.2. The van der Waals surface area contributed by atoms with E-state index in [9.17, 15) is 9.46 Å². The zero-order valence-corrected chi connectivity index (χ0v) is 19.5. The van der Waals surface area contributed by atoms with E-state index in [4.69, 9.17) is 9.05 Å². The van der Waals surface area contributed by atoms with Gasteiger partial charge in [0.25, 0.3) is 7.82 Å². The summed E-state index contributed by atoms with van der Waals surface area (Å²) >= 11 is 0. The lowest BCUT2D eigenvalue weighted by Gasteiger charge is -2.52. The van der Waals surface area contributed by atoms with E-state index in [-0.39, 0.29) is 6.10 Å². The minimum absolute atomic E-state index is 0.200. The molecule has 0 radical (unpaired) electrons. The Balaban J connectivity index is 1.66. The largest absolute Gasteiger partial charge is 0.756 e. The number of phosphoric acid groups is 1. The van der Waals surface area contributed by atoms with Crippen LogP contribution < -0.4 is 4.89 Å². The summed E-state index contributed by atoms with van der Waals surface area (Å²) < 4.78 is 23.7. The number of rotatable bonds is 13. The molecule has 0 aliphatic carbocycles. The molecule has 6 heteroatoms. The molecule has 3 unspecified atom stereocenters. The molecule has 2 saturated heterocycles. The molecule has 0 spiro atoms. The third-order valence-corrected chi connectivity index (χ3v) is 7.99. The van der Waals surface area contributed by atoms with Crippen molar-refractivity contribution >= 4 is 7.82 Å². The summed E-state index contributed by atoms with van der Waals surface area (Å²) in [4.78, 5) is 12.2. The van der Waals surface area contributed by atoms with E-state index < -0.39 is 13.5 Å². The summed E-state index contributed by atoms with van der Waals surface area (Å²) in [5, 5.41) is 0. The minimum Gasteiger partial charge on any atom is -0.756 e. The fraction of sp³-hybridized carbons (Fsp3) is 1.00. The summed E-state index contributed by atoms with van der Waals surface area (Å²) in [6.45, 7) is 3.21. The van der Waals surface area contributed by atoms with Gasteiger partial charge in [0, 0.05) is 6.42 Å². The van der Waals surface area contributed by atoms with Crippen molar-refractivity contribution in [3.63, 3.8) is 0 Å². The number of hydrogen-bond acceptors (Lipinski definition) is 4. The van der Waals surface area contributed by atoms with Crippen molar-refractivity contribution in [2.45, 2.75) is 121 Å².